The Labute approximate surface area is 208 Å². The highest BCUT2D eigenvalue weighted by molar-refractivity contribution is 5.94. The van der Waals surface area contributed by atoms with Crippen LogP contribution in [0.15, 0.2) is 36.5 Å². The number of pyridine rings is 1. The smallest absolute Gasteiger partial charge is 0.415 e. The van der Waals surface area contributed by atoms with Gasteiger partial charge in [-0.25, -0.2) is 16.2 Å². The molecule has 184 valence electrons. The maximum absolute atomic E-state index is 12.5. The minimum atomic E-state index is -0.672. The first-order chi connectivity index (χ1) is 17.4. The lowest BCUT2D eigenvalue weighted by Gasteiger charge is -2.19. The van der Waals surface area contributed by atoms with Gasteiger partial charge in [-0.2, -0.15) is 0 Å². The number of aromatic nitrogens is 1. The summed E-state index contributed by atoms with van der Waals surface area (Å²) in [5, 5.41) is 2.74. The number of benzene rings is 1. The molecule has 3 fully saturated rings. The van der Waals surface area contributed by atoms with Gasteiger partial charge in [0.15, 0.2) is 0 Å². The lowest BCUT2D eigenvalue weighted by Crippen LogP contribution is -2.40. The fraction of sp³-hybridized carbons (Fsp3) is 0.423. The number of amides is 3. The van der Waals surface area contributed by atoms with Gasteiger partial charge in [0.2, 0.25) is 5.91 Å². The second-order valence-electron chi connectivity index (χ2n) is 9.80. The highest BCUT2D eigenvalue weighted by Gasteiger charge is 2.78. The Kier molecular flexibility index (Phi) is 4.93. The van der Waals surface area contributed by atoms with Gasteiger partial charge in [-0.15, -0.1) is 0 Å². The number of methoxy groups -OCH3 is 1. The van der Waals surface area contributed by atoms with E-state index in [1.54, 1.807) is 16.0 Å². The molecule has 6 rings (SSSR count). The number of fused-ring (bicyclic) bond motifs is 4. The van der Waals surface area contributed by atoms with Gasteiger partial charge in [0.25, 0.3) is 5.54 Å². The van der Waals surface area contributed by atoms with Gasteiger partial charge in [-0.3, -0.25) is 14.7 Å². The minimum absolute atomic E-state index is 0.0751. The first-order valence-corrected chi connectivity index (χ1v) is 11.9. The van der Waals surface area contributed by atoms with Gasteiger partial charge in [0.05, 0.1) is 37.2 Å². The molecule has 2 aromatic rings. The van der Waals surface area contributed by atoms with Crippen LogP contribution in [-0.4, -0.2) is 66.9 Å². The first kappa shape index (κ1) is 22.3. The van der Waals surface area contributed by atoms with Crippen molar-refractivity contribution in [1.29, 1.82) is 0 Å². The van der Waals surface area contributed by atoms with Gasteiger partial charge in [0, 0.05) is 31.8 Å². The van der Waals surface area contributed by atoms with Crippen LogP contribution in [0.2, 0.25) is 0 Å². The minimum Gasteiger partial charge on any atom is -0.453 e. The number of nitrogens with zero attached hydrogens (tertiary/aromatic N) is 4. The molecule has 3 aliphatic heterocycles. The topological polar surface area (TPSA) is 105 Å². The quantitative estimate of drug-likeness (QED) is 0.665. The largest absolute Gasteiger partial charge is 0.453 e. The van der Waals surface area contributed by atoms with Crippen molar-refractivity contribution in [2.75, 3.05) is 31.6 Å². The molecule has 1 saturated carbocycles. The number of nitrogens with one attached hydrogen (secondary N) is 1. The first-order valence-electron chi connectivity index (χ1n) is 11.9. The van der Waals surface area contributed by atoms with E-state index in [9.17, 15) is 14.4 Å². The predicted molar refractivity (Wildman–Crippen MR) is 128 cm³/mol. The van der Waals surface area contributed by atoms with E-state index >= 15 is 0 Å². The summed E-state index contributed by atoms with van der Waals surface area (Å²) in [6.07, 6.45) is 1.30. The second-order valence-corrected chi connectivity index (χ2v) is 9.80. The van der Waals surface area contributed by atoms with Crippen LogP contribution < -0.4 is 10.2 Å². The van der Waals surface area contributed by atoms with Gasteiger partial charge in [-0.1, -0.05) is 12.1 Å². The Hall–Kier alpha value is -4.13. The van der Waals surface area contributed by atoms with Crippen LogP contribution in [0.4, 0.5) is 15.3 Å². The highest BCUT2D eigenvalue weighted by atomic mass is 16.6. The van der Waals surface area contributed by atoms with Crippen LogP contribution in [0.5, 0.6) is 0 Å². The van der Waals surface area contributed by atoms with E-state index in [0.717, 1.165) is 28.1 Å². The third kappa shape index (κ3) is 3.15. The summed E-state index contributed by atoms with van der Waals surface area (Å²) in [4.78, 5) is 47.6. The third-order valence-electron chi connectivity index (χ3n) is 8.00. The maximum atomic E-state index is 12.5. The lowest BCUT2D eigenvalue weighted by atomic mass is 9.99. The Bertz CT molecular complexity index is 1310. The number of likely N-dealkylation sites (tertiary alicyclic amines) is 1. The lowest BCUT2D eigenvalue weighted by molar-refractivity contribution is -0.119. The van der Waals surface area contributed by atoms with Crippen LogP contribution in [0, 0.1) is 18.4 Å². The Morgan fingerprint density at radius 2 is 2.00 bits per heavy atom. The van der Waals surface area contributed by atoms with Crippen molar-refractivity contribution in [2.45, 2.75) is 31.0 Å². The van der Waals surface area contributed by atoms with Gasteiger partial charge in [-0.05, 0) is 35.7 Å². The van der Waals surface area contributed by atoms with E-state index in [0.29, 0.717) is 19.5 Å². The van der Waals surface area contributed by atoms with Crippen LogP contribution in [0.3, 0.4) is 0 Å². The summed E-state index contributed by atoms with van der Waals surface area (Å²) in [5.74, 6) is -0.00828. The molecule has 1 N–H and O–H groups in total. The van der Waals surface area contributed by atoms with E-state index in [-0.39, 0.29) is 36.4 Å². The van der Waals surface area contributed by atoms with Crippen molar-refractivity contribution in [2.24, 2.45) is 11.8 Å². The maximum Gasteiger partial charge on any atom is 0.415 e. The van der Waals surface area contributed by atoms with Crippen molar-refractivity contribution in [3.05, 3.63) is 59.2 Å². The number of carbonyl (C=O) groups excluding carboxylic acids is 3. The van der Waals surface area contributed by atoms with E-state index in [4.69, 9.17) is 16.0 Å². The number of anilines is 1. The predicted octanol–water partition coefficient (Wildman–Crippen LogP) is 2.58. The molecule has 4 heterocycles. The summed E-state index contributed by atoms with van der Waals surface area (Å²) in [7, 11) is 1.37. The average molecular weight is 488 g/mol. The number of ether oxygens (including phenoxy) is 2. The van der Waals surface area contributed by atoms with Gasteiger partial charge < -0.3 is 24.5 Å². The monoisotopic (exact) mass is 487 g/mol. The molecule has 1 aromatic heterocycles. The zero-order valence-electron chi connectivity index (χ0n) is 19.9. The van der Waals surface area contributed by atoms with Crippen molar-refractivity contribution >= 4 is 23.8 Å². The standard InChI is InChI=1S/C26H25N5O5/c1-14(32)28-11-22-21-9-17-8-15(4-6-20(17)31(21)25(34)36-22)16-5-7-23(29-10-16)26(27-2)18-12-30(13-19(18)26)24(33)35-3/h4-8,10,18-19,21-22H,9,11-13H2,1,3H3,(H,28,32)/t18-,19+,21-,22-,26?/m0/s1. The molecule has 36 heavy (non-hydrogen) atoms. The summed E-state index contributed by atoms with van der Waals surface area (Å²) in [6, 6.07) is 9.70. The number of carbonyl (C=O) groups is 3. The third-order valence-corrected chi connectivity index (χ3v) is 8.00. The van der Waals surface area contributed by atoms with Crippen LogP contribution in [0.1, 0.15) is 18.2 Å². The molecule has 1 unspecified atom stereocenters. The fourth-order valence-electron chi connectivity index (χ4n) is 6.16. The van der Waals surface area contributed by atoms with Crippen molar-refractivity contribution < 1.29 is 23.9 Å². The molecule has 1 aliphatic carbocycles. The normalized spacial score (nSPS) is 29.1. The Morgan fingerprint density at radius 1 is 1.25 bits per heavy atom. The SMILES string of the molecule is [C-]#[N+]C1(c2ccc(-c3ccc4c(c3)C[C@H]3[C@H](CNC(C)=O)OC(=O)N43)cn2)[C@@H]2CN(C(=O)OC)C[C@@H]21. The Morgan fingerprint density at radius 3 is 2.64 bits per heavy atom. The molecule has 10 nitrogen and oxygen atoms in total. The summed E-state index contributed by atoms with van der Waals surface area (Å²) < 4.78 is 10.3. The van der Waals surface area contributed by atoms with Crippen molar-refractivity contribution in [1.82, 2.24) is 15.2 Å². The molecule has 3 amide bonds. The number of piperidine rings is 1. The summed E-state index contributed by atoms with van der Waals surface area (Å²) >= 11 is 0. The molecule has 0 spiro atoms. The van der Waals surface area contributed by atoms with Crippen molar-refractivity contribution in [3.8, 4) is 11.1 Å². The molecule has 4 aliphatic rings. The zero-order chi connectivity index (χ0) is 25.2. The van der Waals surface area contributed by atoms with E-state index < -0.39 is 17.7 Å². The van der Waals surface area contributed by atoms with Gasteiger partial charge in [0.1, 0.15) is 11.8 Å². The average Bonchev–Trinajstić information content (AvgIpc) is 3.26. The van der Waals surface area contributed by atoms with E-state index in [1.165, 1.54) is 14.0 Å². The molecular formula is C26H25N5O5. The molecule has 0 radical (unpaired) electrons. The molecule has 2 saturated heterocycles. The van der Waals surface area contributed by atoms with Gasteiger partial charge >= 0.3 is 12.2 Å². The molecular weight excluding hydrogens is 462 g/mol. The van der Waals surface area contributed by atoms with Crippen LogP contribution in [0.25, 0.3) is 16.0 Å². The summed E-state index contributed by atoms with van der Waals surface area (Å²) in [5.41, 5.74) is 3.85. The fourth-order valence-corrected chi connectivity index (χ4v) is 6.16. The number of hydrogen-bond donors (Lipinski definition) is 1. The second kappa shape index (κ2) is 7.95. The zero-order valence-corrected chi connectivity index (χ0v) is 19.9. The van der Waals surface area contributed by atoms with E-state index in [2.05, 4.69) is 21.2 Å². The molecule has 10 heteroatoms. The van der Waals surface area contributed by atoms with Crippen molar-refractivity contribution in [3.63, 3.8) is 0 Å². The Balaban J connectivity index is 1.20. The number of hydrogen-bond acceptors (Lipinski definition) is 6. The van der Waals surface area contributed by atoms with E-state index in [1.807, 2.05) is 24.3 Å². The number of rotatable bonds is 4. The molecule has 5 atom stereocenters. The van der Waals surface area contributed by atoms with Crippen LogP contribution >= 0.6 is 0 Å². The summed E-state index contributed by atoms with van der Waals surface area (Å²) in [6.45, 7) is 10.6. The molecule has 0 bridgehead atoms. The van der Waals surface area contributed by atoms with Crippen LogP contribution in [-0.2, 0) is 26.2 Å². The molecule has 1 aromatic carbocycles. The highest BCUT2D eigenvalue weighted by Crippen LogP contribution is 2.64. The number of cyclic esters (lactones) is 1.